The van der Waals surface area contributed by atoms with Crippen LogP contribution in [0.3, 0.4) is 0 Å². The molecule has 0 aromatic carbocycles. The van der Waals surface area contributed by atoms with Crippen LogP contribution in [0.2, 0.25) is 0 Å². The molecule has 3 aromatic heterocycles. The summed E-state index contributed by atoms with van der Waals surface area (Å²) < 4.78 is 7.88. The van der Waals surface area contributed by atoms with Crippen LogP contribution < -0.4 is 9.64 Å². The molecule has 9 heteroatoms. The molecule has 0 bridgehead atoms. The predicted octanol–water partition coefficient (Wildman–Crippen LogP) is 2.39. The maximum absolute atomic E-state index is 13.0. The van der Waals surface area contributed by atoms with E-state index in [1.807, 2.05) is 59.9 Å². The first kappa shape index (κ1) is 18.4. The number of rotatable bonds is 5. The molecule has 1 saturated heterocycles. The largest absolute Gasteiger partial charge is 0.471 e. The number of carbonyl (C=O) groups excluding carboxylic acids is 1. The molecule has 0 saturated carbocycles. The number of carbonyl (C=O) groups is 1. The van der Waals surface area contributed by atoms with Crippen LogP contribution in [0.5, 0.6) is 5.88 Å². The molecule has 1 aliphatic rings. The van der Waals surface area contributed by atoms with E-state index in [1.165, 1.54) is 11.3 Å². The Balaban J connectivity index is 1.43. The van der Waals surface area contributed by atoms with Crippen LogP contribution in [-0.2, 0) is 0 Å². The van der Waals surface area contributed by atoms with Crippen molar-refractivity contribution in [2.75, 3.05) is 32.1 Å². The van der Waals surface area contributed by atoms with Crippen LogP contribution in [0.15, 0.2) is 36.9 Å². The van der Waals surface area contributed by atoms with Gasteiger partial charge < -0.3 is 19.1 Å². The lowest BCUT2D eigenvalue weighted by atomic mass is 10.3. The molecule has 4 heterocycles. The third-order valence-electron chi connectivity index (χ3n) is 4.58. The van der Waals surface area contributed by atoms with Gasteiger partial charge in [0.2, 0.25) is 5.88 Å². The third kappa shape index (κ3) is 3.70. The van der Waals surface area contributed by atoms with Crippen LogP contribution in [0.25, 0.3) is 5.13 Å². The Morgan fingerprint density at radius 2 is 2.04 bits per heavy atom. The van der Waals surface area contributed by atoms with Crippen molar-refractivity contribution in [2.45, 2.75) is 19.4 Å². The number of nitrogens with zero attached hydrogens (tertiary/aromatic N) is 6. The number of aromatic nitrogens is 4. The SMILES string of the molecule is Cc1nc(-n2cccc2)sc1C(=O)N1CCC(Oc2cncc(N(C)C)n2)C1. The van der Waals surface area contributed by atoms with Crippen LogP contribution in [0.4, 0.5) is 5.82 Å². The molecule has 1 fully saturated rings. The molecule has 0 aliphatic carbocycles. The molecule has 28 heavy (non-hydrogen) atoms. The van der Waals surface area contributed by atoms with Gasteiger partial charge in [-0.15, -0.1) is 0 Å². The molecule has 0 N–H and O–H groups in total. The van der Waals surface area contributed by atoms with Crippen molar-refractivity contribution in [1.82, 2.24) is 24.4 Å². The van der Waals surface area contributed by atoms with Gasteiger partial charge >= 0.3 is 0 Å². The highest BCUT2D eigenvalue weighted by molar-refractivity contribution is 7.16. The Morgan fingerprint density at radius 1 is 1.25 bits per heavy atom. The molecule has 146 valence electrons. The van der Waals surface area contributed by atoms with Crippen molar-refractivity contribution in [3.63, 3.8) is 0 Å². The van der Waals surface area contributed by atoms with Crippen molar-refractivity contribution in [3.8, 4) is 11.0 Å². The number of aryl methyl sites for hydroxylation is 1. The number of ether oxygens (including phenoxy) is 1. The number of amides is 1. The number of likely N-dealkylation sites (tertiary alicyclic amines) is 1. The van der Waals surface area contributed by atoms with Crippen LogP contribution >= 0.6 is 11.3 Å². The molecule has 0 radical (unpaired) electrons. The Hall–Kier alpha value is -2.94. The molecule has 0 spiro atoms. The fourth-order valence-corrected chi connectivity index (χ4v) is 4.09. The van der Waals surface area contributed by atoms with Crippen molar-refractivity contribution in [1.29, 1.82) is 0 Å². The monoisotopic (exact) mass is 398 g/mol. The van der Waals surface area contributed by atoms with E-state index < -0.39 is 0 Å². The molecular formula is C19H22N6O2S. The standard InChI is InChI=1S/C19H22N6O2S/c1-13-17(28-19(21-13)24-7-4-5-8-24)18(26)25-9-6-14(12-25)27-16-11-20-10-15(22-16)23(2)3/h4-5,7-8,10-11,14H,6,9,12H2,1-3H3. The Labute approximate surface area is 167 Å². The van der Waals surface area contributed by atoms with Crippen molar-refractivity contribution in [3.05, 3.63) is 47.5 Å². The van der Waals surface area contributed by atoms with Gasteiger partial charge in [0.05, 0.1) is 24.6 Å². The van der Waals surface area contributed by atoms with Gasteiger partial charge in [-0.05, 0) is 19.1 Å². The summed E-state index contributed by atoms with van der Waals surface area (Å²) in [5, 5.41) is 0.800. The van der Waals surface area contributed by atoms with Crippen molar-refractivity contribution in [2.24, 2.45) is 0 Å². The summed E-state index contributed by atoms with van der Waals surface area (Å²) in [7, 11) is 3.81. The Bertz CT molecular complexity index is 969. The van der Waals surface area contributed by atoms with Gasteiger partial charge in [0.15, 0.2) is 10.9 Å². The van der Waals surface area contributed by atoms with Gasteiger partial charge in [-0.2, -0.15) is 4.98 Å². The van der Waals surface area contributed by atoms with Gasteiger partial charge in [-0.3, -0.25) is 9.78 Å². The van der Waals surface area contributed by atoms with Crippen molar-refractivity contribution < 1.29 is 9.53 Å². The average Bonchev–Trinajstić information content (AvgIpc) is 3.42. The second kappa shape index (κ2) is 7.59. The lowest BCUT2D eigenvalue weighted by molar-refractivity contribution is 0.0775. The summed E-state index contributed by atoms with van der Waals surface area (Å²) in [5.41, 5.74) is 0.757. The van der Waals surface area contributed by atoms with E-state index in [1.54, 1.807) is 12.4 Å². The fourth-order valence-electron chi connectivity index (χ4n) is 3.09. The number of thiazole rings is 1. The van der Waals surface area contributed by atoms with E-state index in [0.717, 1.165) is 23.1 Å². The van der Waals surface area contributed by atoms with E-state index in [0.29, 0.717) is 23.8 Å². The third-order valence-corrected chi connectivity index (χ3v) is 5.74. The summed E-state index contributed by atoms with van der Waals surface area (Å²) in [4.78, 5) is 30.5. The summed E-state index contributed by atoms with van der Waals surface area (Å²) in [6.07, 6.45) is 7.82. The molecule has 4 rings (SSSR count). The molecule has 8 nitrogen and oxygen atoms in total. The Morgan fingerprint density at radius 3 is 2.79 bits per heavy atom. The first-order valence-corrected chi connectivity index (χ1v) is 9.89. The number of anilines is 1. The second-order valence-electron chi connectivity index (χ2n) is 6.89. The van der Waals surface area contributed by atoms with E-state index in [-0.39, 0.29) is 12.0 Å². The zero-order chi connectivity index (χ0) is 19.7. The Kier molecular flexibility index (Phi) is 4.99. The van der Waals surface area contributed by atoms with Gasteiger partial charge in [0.1, 0.15) is 11.0 Å². The van der Waals surface area contributed by atoms with Gasteiger partial charge in [-0.25, -0.2) is 4.98 Å². The zero-order valence-electron chi connectivity index (χ0n) is 16.1. The van der Waals surface area contributed by atoms with Gasteiger partial charge in [0, 0.05) is 39.5 Å². The quantitative estimate of drug-likeness (QED) is 0.657. The minimum Gasteiger partial charge on any atom is -0.471 e. The first-order chi connectivity index (χ1) is 13.5. The predicted molar refractivity (Wildman–Crippen MR) is 107 cm³/mol. The fraction of sp³-hybridized carbons (Fsp3) is 0.368. The molecule has 1 aliphatic heterocycles. The lowest BCUT2D eigenvalue weighted by Crippen LogP contribution is -2.31. The molecule has 3 aromatic rings. The zero-order valence-corrected chi connectivity index (χ0v) is 16.9. The lowest BCUT2D eigenvalue weighted by Gasteiger charge is -2.17. The van der Waals surface area contributed by atoms with E-state index >= 15 is 0 Å². The maximum atomic E-state index is 13.0. The van der Waals surface area contributed by atoms with Gasteiger partial charge in [-0.1, -0.05) is 11.3 Å². The normalized spacial score (nSPS) is 16.4. The topological polar surface area (TPSA) is 76.4 Å². The first-order valence-electron chi connectivity index (χ1n) is 9.07. The molecule has 1 amide bonds. The van der Waals surface area contributed by atoms with E-state index in [4.69, 9.17) is 4.74 Å². The van der Waals surface area contributed by atoms with E-state index in [9.17, 15) is 4.79 Å². The highest BCUT2D eigenvalue weighted by atomic mass is 32.1. The van der Waals surface area contributed by atoms with Crippen molar-refractivity contribution >= 4 is 23.1 Å². The molecule has 1 atom stereocenters. The summed E-state index contributed by atoms with van der Waals surface area (Å²) >= 11 is 1.41. The average molecular weight is 398 g/mol. The number of hydrogen-bond donors (Lipinski definition) is 0. The van der Waals surface area contributed by atoms with Crippen LogP contribution in [0.1, 0.15) is 21.8 Å². The second-order valence-corrected chi connectivity index (χ2v) is 7.87. The highest BCUT2D eigenvalue weighted by Crippen LogP contribution is 2.26. The smallest absolute Gasteiger partial charge is 0.266 e. The van der Waals surface area contributed by atoms with Crippen LogP contribution in [-0.4, -0.2) is 63.6 Å². The summed E-state index contributed by atoms with van der Waals surface area (Å²) in [6.45, 7) is 3.06. The maximum Gasteiger partial charge on any atom is 0.266 e. The van der Waals surface area contributed by atoms with Gasteiger partial charge in [0.25, 0.3) is 5.91 Å². The minimum absolute atomic E-state index is 0.00707. The highest BCUT2D eigenvalue weighted by Gasteiger charge is 2.31. The summed E-state index contributed by atoms with van der Waals surface area (Å²) in [6, 6.07) is 3.88. The summed E-state index contributed by atoms with van der Waals surface area (Å²) in [5.74, 6) is 1.23. The van der Waals surface area contributed by atoms with E-state index in [2.05, 4.69) is 15.0 Å². The van der Waals surface area contributed by atoms with Crippen LogP contribution in [0, 0.1) is 6.92 Å². The molecular weight excluding hydrogens is 376 g/mol. The molecule has 1 unspecified atom stereocenters. The minimum atomic E-state index is -0.0900. The number of hydrogen-bond acceptors (Lipinski definition) is 7.